The van der Waals surface area contributed by atoms with Crippen molar-refractivity contribution in [3.8, 4) is 0 Å². The molecular weight excluding hydrogens is 238 g/mol. The minimum absolute atomic E-state index is 0.00114. The summed E-state index contributed by atoms with van der Waals surface area (Å²) in [5, 5.41) is 17.3. The van der Waals surface area contributed by atoms with Gasteiger partial charge in [0, 0.05) is 13.0 Å². The Morgan fingerprint density at radius 1 is 1.56 bits per heavy atom. The van der Waals surface area contributed by atoms with Crippen molar-refractivity contribution < 1.29 is 9.21 Å². The number of nitrogens with two attached hydrogens (primary N) is 1. The molecule has 9 heteroatoms. The molecule has 0 aliphatic carbocycles. The van der Waals surface area contributed by atoms with Crippen LogP contribution in [0.1, 0.15) is 24.6 Å². The van der Waals surface area contributed by atoms with E-state index in [1.165, 1.54) is 4.68 Å². The van der Waals surface area contributed by atoms with Gasteiger partial charge in [-0.1, -0.05) is 10.3 Å². The molecular formula is C9H13N7O2. The molecule has 2 aromatic heterocycles. The van der Waals surface area contributed by atoms with E-state index in [9.17, 15) is 4.79 Å². The Hall–Kier alpha value is -2.29. The molecule has 96 valence electrons. The van der Waals surface area contributed by atoms with Gasteiger partial charge in [0.25, 0.3) is 0 Å². The van der Waals surface area contributed by atoms with Crippen molar-refractivity contribution >= 4 is 11.9 Å². The number of nitrogens with one attached hydrogen (secondary N) is 1. The van der Waals surface area contributed by atoms with Crippen LogP contribution < -0.4 is 11.1 Å². The van der Waals surface area contributed by atoms with Crippen LogP contribution in [0.25, 0.3) is 0 Å². The Balaban J connectivity index is 1.94. The first-order valence-electron chi connectivity index (χ1n) is 5.30. The molecule has 2 aromatic rings. The van der Waals surface area contributed by atoms with Crippen molar-refractivity contribution in [3.05, 3.63) is 17.8 Å². The number of hydrogen-bond donors (Lipinski definition) is 2. The van der Waals surface area contributed by atoms with Crippen LogP contribution in [0.5, 0.6) is 0 Å². The number of anilines is 1. The molecule has 0 aliphatic heterocycles. The van der Waals surface area contributed by atoms with Crippen molar-refractivity contribution in [1.29, 1.82) is 0 Å². The van der Waals surface area contributed by atoms with Crippen molar-refractivity contribution in [2.24, 2.45) is 5.73 Å². The Kier molecular flexibility index (Phi) is 3.33. The number of nitrogens with zero attached hydrogens (tertiary/aromatic N) is 5. The Labute approximate surface area is 102 Å². The average molecular weight is 251 g/mol. The van der Waals surface area contributed by atoms with E-state index in [-0.39, 0.29) is 24.5 Å². The molecule has 0 spiro atoms. The number of hydrogen-bond acceptors (Lipinski definition) is 7. The highest BCUT2D eigenvalue weighted by molar-refractivity contribution is 5.88. The SMILES string of the molecule is Cc1nnc(NC(=O)Cn2cc(C(C)N)nn2)o1. The number of carbonyl (C=O) groups is 1. The molecule has 1 atom stereocenters. The lowest BCUT2D eigenvalue weighted by molar-refractivity contribution is -0.117. The second-order valence-electron chi connectivity index (χ2n) is 3.80. The van der Waals surface area contributed by atoms with Crippen LogP contribution >= 0.6 is 0 Å². The van der Waals surface area contributed by atoms with E-state index in [1.807, 2.05) is 0 Å². The third-order valence-electron chi connectivity index (χ3n) is 2.10. The third kappa shape index (κ3) is 2.88. The summed E-state index contributed by atoms with van der Waals surface area (Å²) in [7, 11) is 0. The third-order valence-corrected chi connectivity index (χ3v) is 2.10. The van der Waals surface area contributed by atoms with Gasteiger partial charge in [0.05, 0.1) is 11.9 Å². The van der Waals surface area contributed by atoms with Crippen LogP contribution in [0.2, 0.25) is 0 Å². The number of amides is 1. The first-order valence-corrected chi connectivity index (χ1v) is 5.30. The van der Waals surface area contributed by atoms with E-state index in [4.69, 9.17) is 10.2 Å². The van der Waals surface area contributed by atoms with Crippen molar-refractivity contribution in [2.75, 3.05) is 5.32 Å². The molecule has 1 amide bonds. The molecule has 2 rings (SSSR count). The molecule has 0 aromatic carbocycles. The zero-order valence-corrected chi connectivity index (χ0v) is 9.99. The lowest BCUT2D eigenvalue weighted by atomic mass is 10.3. The van der Waals surface area contributed by atoms with E-state index in [0.717, 1.165) is 0 Å². The summed E-state index contributed by atoms with van der Waals surface area (Å²) in [6, 6.07) is -0.162. The predicted molar refractivity (Wildman–Crippen MR) is 60.3 cm³/mol. The van der Waals surface area contributed by atoms with Gasteiger partial charge in [-0.05, 0) is 6.92 Å². The fourth-order valence-corrected chi connectivity index (χ4v) is 1.25. The van der Waals surface area contributed by atoms with Crippen molar-refractivity contribution in [1.82, 2.24) is 25.2 Å². The molecule has 3 N–H and O–H groups in total. The maximum atomic E-state index is 11.6. The zero-order chi connectivity index (χ0) is 13.1. The van der Waals surface area contributed by atoms with E-state index in [0.29, 0.717) is 11.6 Å². The van der Waals surface area contributed by atoms with E-state index >= 15 is 0 Å². The Morgan fingerprint density at radius 2 is 2.33 bits per heavy atom. The molecule has 0 saturated carbocycles. The first-order chi connectivity index (χ1) is 8.54. The number of aromatic nitrogens is 5. The van der Waals surface area contributed by atoms with Crippen LogP contribution in [0.15, 0.2) is 10.6 Å². The number of rotatable bonds is 4. The maximum Gasteiger partial charge on any atom is 0.322 e. The van der Waals surface area contributed by atoms with Crippen LogP contribution in [0, 0.1) is 6.92 Å². The molecule has 0 bridgehead atoms. The summed E-state index contributed by atoms with van der Waals surface area (Å²) in [6.07, 6.45) is 1.61. The normalized spacial score (nSPS) is 12.4. The highest BCUT2D eigenvalue weighted by atomic mass is 16.4. The molecule has 0 aliphatic rings. The lowest BCUT2D eigenvalue weighted by Crippen LogP contribution is -2.19. The summed E-state index contributed by atoms with van der Waals surface area (Å²) in [5.41, 5.74) is 6.26. The molecule has 1 unspecified atom stereocenters. The minimum atomic E-state index is -0.334. The summed E-state index contributed by atoms with van der Waals surface area (Å²) in [6.45, 7) is 3.42. The van der Waals surface area contributed by atoms with Crippen LogP contribution in [0.4, 0.5) is 6.01 Å². The fourth-order valence-electron chi connectivity index (χ4n) is 1.25. The van der Waals surface area contributed by atoms with Gasteiger partial charge in [-0.25, -0.2) is 4.68 Å². The molecule has 18 heavy (non-hydrogen) atoms. The lowest BCUT2D eigenvalue weighted by Gasteiger charge is -1.99. The van der Waals surface area contributed by atoms with Crippen LogP contribution in [-0.2, 0) is 11.3 Å². The second-order valence-corrected chi connectivity index (χ2v) is 3.80. The van der Waals surface area contributed by atoms with Gasteiger partial charge in [-0.2, -0.15) is 0 Å². The molecule has 0 saturated heterocycles. The van der Waals surface area contributed by atoms with Gasteiger partial charge < -0.3 is 10.2 Å². The predicted octanol–water partition coefficient (Wildman–Crippen LogP) is -0.372. The van der Waals surface area contributed by atoms with E-state index in [2.05, 4.69) is 25.8 Å². The topological polar surface area (TPSA) is 125 Å². The smallest absolute Gasteiger partial charge is 0.322 e. The molecule has 0 fully saturated rings. The summed E-state index contributed by atoms with van der Waals surface area (Å²) < 4.78 is 6.40. The number of carbonyl (C=O) groups excluding carboxylic acids is 1. The highest BCUT2D eigenvalue weighted by Crippen LogP contribution is 2.05. The summed E-state index contributed by atoms with van der Waals surface area (Å²) >= 11 is 0. The van der Waals surface area contributed by atoms with Gasteiger partial charge in [-0.3, -0.25) is 10.1 Å². The summed E-state index contributed by atoms with van der Waals surface area (Å²) in [5.74, 6) is 0.0464. The van der Waals surface area contributed by atoms with Crippen LogP contribution in [-0.4, -0.2) is 31.1 Å². The molecule has 2 heterocycles. The molecule has 0 radical (unpaired) electrons. The standard InChI is InChI=1S/C9H13N7O2/c1-5(10)7-3-16(15-13-7)4-8(17)11-9-14-12-6(2)18-9/h3,5H,4,10H2,1-2H3,(H,11,14,17). The summed E-state index contributed by atoms with van der Waals surface area (Å²) in [4.78, 5) is 11.6. The minimum Gasteiger partial charge on any atom is -0.408 e. The quantitative estimate of drug-likeness (QED) is 0.759. The number of aryl methyl sites for hydroxylation is 1. The monoisotopic (exact) mass is 251 g/mol. The zero-order valence-electron chi connectivity index (χ0n) is 9.99. The van der Waals surface area contributed by atoms with Gasteiger partial charge in [0.2, 0.25) is 11.8 Å². The molecule has 9 nitrogen and oxygen atoms in total. The van der Waals surface area contributed by atoms with E-state index < -0.39 is 0 Å². The van der Waals surface area contributed by atoms with Gasteiger partial charge in [-0.15, -0.1) is 10.2 Å². The highest BCUT2D eigenvalue weighted by Gasteiger charge is 2.11. The van der Waals surface area contributed by atoms with E-state index in [1.54, 1.807) is 20.0 Å². The van der Waals surface area contributed by atoms with Crippen molar-refractivity contribution in [3.63, 3.8) is 0 Å². The van der Waals surface area contributed by atoms with Gasteiger partial charge in [0.15, 0.2) is 0 Å². The fraction of sp³-hybridized carbons (Fsp3) is 0.444. The average Bonchev–Trinajstić information content (AvgIpc) is 2.88. The van der Waals surface area contributed by atoms with Crippen molar-refractivity contribution in [2.45, 2.75) is 26.4 Å². The van der Waals surface area contributed by atoms with Crippen LogP contribution in [0.3, 0.4) is 0 Å². The first kappa shape index (κ1) is 12.2. The second kappa shape index (κ2) is 4.92. The maximum absolute atomic E-state index is 11.6. The Bertz CT molecular complexity index is 545. The largest absolute Gasteiger partial charge is 0.408 e. The van der Waals surface area contributed by atoms with Gasteiger partial charge >= 0.3 is 6.01 Å². The van der Waals surface area contributed by atoms with Gasteiger partial charge in [0.1, 0.15) is 6.54 Å². The Morgan fingerprint density at radius 3 is 2.89 bits per heavy atom.